The average molecular weight is 588 g/mol. The summed E-state index contributed by atoms with van der Waals surface area (Å²) < 4.78 is 6.74. The van der Waals surface area contributed by atoms with Crippen molar-refractivity contribution in [2.75, 3.05) is 4.90 Å². The van der Waals surface area contributed by atoms with E-state index in [0.29, 0.717) is 0 Å². The third-order valence-electron chi connectivity index (χ3n) is 9.03. The van der Waals surface area contributed by atoms with E-state index in [1.54, 1.807) is 0 Å². The molecule has 0 bridgehead atoms. The highest BCUT2D eigenvalue weighted by Gasteiger charge is 2.24. The SMILES string of the molecule is c1ccc(-c2ccc(N(c3ccc4ccccc4c3)c3c(-c4ccccc4)ccc4oc5c6ccccc6ccc5c34)cc2)cc1. The Morgan fingerprint density at radius 2 is 1.00 bits per heavy atom. The Bertz CT molecular complexity index is 2510. The number of hydrogen-bond donors (Lipinski definition) is 0. The summed E-state index contributed by atoms with van der Waals surface area (Å²) in [5, 5.41) is 6.90. The minimum Gasteiger partial charge on any atom is -0.455 e. The smallest absolute Gasteiger partial charge is 0.143 e. The van der Waals surface area contributed by atoms with Crippen LogP contribution in [0.4, 0.5) is 17.1 Å². The molecule has 0 radical (unpaired) electrons. The van der Waals surface area contributed by atoms with E-state index >= 15 is 0 Å². The molecule has 216 valence electrons. The minimum absolute atomic E-state index is 0.868. The number of benzene rings is 8. The Kier molecular flexibility index (Phi) is 6.17. The molecule has 0 aliphatic carbocycles. The monoisotopic (exact) mass is 587 g/mol. The largest absolute Gasteiger partial charge is 0.455 e. The van der Waals surface area contributed by atoms with Gasteiger partial charge in [-0.1, -0.05) is 133 Å². The van der Waals surface area contributed by atoms with Gasteiger partial charge in [0.05, 0.1) is 11.1 Å². The van der Waals surface area contributed by atoms with Crippen LogP contribution in [-0.4, -0.2) is 0 Å². The molecule has 0 aliphatic heterocycles. The van der Waals surface area contributed by atoms with E-state index in [9.17, 15) is 0 Å². The Morgan fingerprint density at radius 1 is 0.391 bits per heavy atom. The predicted octanol–water partition coefficient (Wildman–Crippen LogP) is 12.7. The molecule has 0 saturated carbocycles. The summed E-state index contributed by atoms with van der Waals surface area (Å²) in [5.41, 5.74) is 9.73. The van der Waals surface area contributed by atoms with Crippen molar-refractivity contribution in [1.82, 2.24) is 0 Å². The molecule has 0 unspecified atom stereocenters. The van der Waals surface area contributed by atoms with E-state index in [1.807, 2.05) is 0 Å². The highest BCUT2D eigenvalue weighted by Crippen LogP contribution is 2.49. The van der Waals surface area contributed by atoms with Gasteiger partial charge in [-0.3, -0.25) is 0 Å². The van der Waals surface area contributed by atoms with Crippen LogP contribution in [0.15, 0.2) is 180 Å². The van der Waals surface area contributed by atoms with Crippen molar-refractivity contribution in [1.29, 1.82) is 0 Å². The first-order valence-electron chi connectivity index (χ1n) is 15.7. The lowest BCUT2D eigenvalue weighted by Crippen LogP contribution is -2.12. The fourth-order valence-corrected chi connectivity index (χ4v) is 6.82. The van der Waals surface area contributed by atoms with Crippen molar-refractivity contribution in [3.63, 3.8) is 0 Å². The third-order valence-corrected chi connectivity index (χ3v) is 9.03. The van der Waals surface area contributed by atoms with Crippen LogP contribution in [0.25, 0.3) is 65.7 Å². The normalized spacial score (nSPS) is 11.5. The number of anilines is 3. The van der Waals surface area contributed by atoms with Crippen LogP contribution in [0.1, 0.15) is 0 Å². The van der Waals surface area contributed by atoms with Gasteiger partial charge in [-0.25, -0.2) is 0 Å². The van der Waals surface area contributed by atoms with Gasteiger partial charge >= 0.3 is 0 Å². The lowest BCUT2D eigenvalue weighted by atomic mass is 9.96. The summed E-state index contributed by atoms with van der Waals surface area (Å²) in [6, 6.07) is 62.7. The van der Waals surface area contributed by atoms with Crippen LogP contribution in [-0.2, 0) is 0 Å². The summed E-state index contributed by atoms with van der Waals surface area (Å²) in [6.07, 6.45) is 0. The maximum absolute atomic E-state index is 6.74. The van der Waals surface area contributed by atoms with E-state index in [-0.39, 0.29) is 0 Å². The molecule has 2 nitrogen and oxygen atoms in total. The van der Waals surface area contributed by atoms with Crippen molar-refractivity contribution >= 4 is 60.5 Å². The third kappa shape index (κ3) is 4.35. The highest BCUT2D eigenvalue weighted by atomic mass is 16.3. The lowest BCUT2D eigenvalue weighted by Gasteiger charge is -2.29. The van der Waals surface area contributed by atoms with Gasteiger partial charge in [-0.15, -0.1) is 0 Å². The molecule has 8 aromatic carbocycles. The average Bonchev–Trinajstić information content (AvgIpc) is 3.52. The molecule has 0 N–H and O–H groups in total. The second kappa shape index (κ2) is 10.8. The molecular formula is C44H29NO. The summed E-state index contributed by atoms with van der Waals surface area (Å²) in [7, 11) is 0. The summed E-state index contributed by atoms with van der Waals surface area (Å²) in [4.78, 5) is 2.41. The van der Waals surface area contributed by atoms with E-state index in [1.165, 1.54) is 27.3 Å². The molecule has 9 rings (SSSR count). The molecule has 0 saturated heterocycles. The first-order chi connectivity index (χ1) is 22.8. The van der Waals surface area contributed by atoms with Crippen LogP contribution >= 0.6 is 0 Å². The molecule has 0 aliphatic rings. The first kappa shape index (κ1) is 26.3. The quantitative estimate of drug-likeness (QED) is 0.199. The number of nitrogens with zero attached hydrogens (tertiary/aromatic N) is 1. The van der Waals surface area contributed by atoms with Crippen molar-refractivity contribution in [2.45, 2.75) is 0 Å². The fourth-order valence-electron chi connectivity index (χ4n) is 6.82. The van der Waals surface area contributed by atoms with Crippen LogP contribution < -0.4 is 4.90 Å². The maximum atomic E-state index is 6.74. The standard InChI is InChI=1S/C44H29NO/c1-3-11-30(12-4-1)32-19-23-36(24-20-32)45(37-25-21-31-13-7-8-17-35(31)29-37)43-38(33-14-5-2-6-15-33)27-28-41-42(43)40-26-22-34-16-9-10-18-39(34)44(40)46-41/h1-29H. The van der Waals surface area contributed by atoms with Gasteiger partial charge in [-0.05, 0) is 75.3 Å². The Hall–Kier alpha value is -6.12. The predicted molar refractivity (Wildman–Crippen MR) is 194 cm³/mol. The summed E-state index contributed by atoms with van der Waals surface area (Å²) >= 11 is 0. The maximum Gasteiger partial charge on any atom is 0.143 e. The van der Waals surface area contributed by atoms with Gasteiger partial charge in [0, 0.05) is 27.7 Å². The Morgan fingerprint density at radius 3 is 1.78 bits per heavy atom. The van der Waals surface area contributed by atoms with Crippen molar-refractivity contribution in [3.05, 3.63) is 176 Å². The zero-order valence-corrected chi connectivity index (χ0v) is 25.1. The summed E-state index contributed by atoms with van der Waals surface area (Å²) in [6.45, 7) is 0. The van der Waals surface area contributed by atoms with Gasteiger partial charge < -0.3 is 9.32 Å². The van der Waals surface area contributed by atoms with Crippen molar-refractivity contribution < 1.29 is 4.42 Å². The van der Waals surface area contributed by atoms with Gasteiger partial charge in [0.2, 0.25) is 0 Å². The van der Waals surface area contributed by atoms with E-state index in [0.717, 1.165) is 55.5 Å². The molecule has 1 heterocycles. The van der Waals surface area contributed by atoms with E-state index in [2.05, 4.69) is 181 Å². The Balaban J connectivity index is 1.38. The number of furan rings is 1. The van der Waals surface area contributed by atoms with Gasteiger partial charge in [0.1, 0.15) is 11.2 Å². The zero-order valence-electron chi connectivity index (χ0n) is 25.1. The second-order valence-electron chi connectivity index (χ2n) is 11.7. The lowest BCUT2D eigenvalue weighted by molar-refractivity contribution is 0.673. The van der Waals surface area contributed by atoms with Crippen LogP contribution in [0.5, 0.6) is 0 Å². The molecule has 46 heavy (non-hydrogen) atoms. The first-order valence-corrected chi connectivity index (χ1v) is 15.7. The number of fused-ring (bicyclic) bond motifs is 6. The van der Waals surface area contributed by atoms with Gasteiger partial charge in [0.15, 0.2) is 0 Å². The van der Waals surface area contributed by atoms with Crippen molar-refractivity contribution in [3.8, 4) is 22.3 Å². The van der Waals surface area contributed by atoms with Gasteiger partial charge in [0.25, 0.3) is 0 Å². The zero-order chi connectivity index (χ0) is 30.5. The molecule has 0 fully saturated rings. The number of rotatable bonds is 5. The molecule has 2 heteroatoms. The molecular weight excluding hydrogens is 558 g/mol. The summed E-state index contributed by atoms with van der Waals surface area (Å²) in [5.74, 6) is 0. The fraction of sp³-hybridized carbons (Fsp3) is 0. The van der Waals surface area contributed by atoms with Crippen LogP contribution in [0, 0.1) is 0 Å². The molecule has 1 aromatic heterocycles. The van der Waals surface area contributed by atoms with E-state index < -0.39 is 0 Å². The van der Waals surface area contributed by atoms with E-state index in [4.69, 9.17) is 4.42 Å². The number of hydrogen-bond acceptors (Lipinski definition) is 2. The van der Waals surface area contributed by atoms with Gasteiger partial charge in [-0.2, -0.15) is 0 Å². The van der Waals surface area contributed by atoms with Crippen LogP contribution in [0.2, 0.25) is 0 Å². The van der Waals surface area contributed by atoms with Crippen LogP contribution in [0.3, 0.4) is 0 Å². The second-order valence-corrected chi connectivity index (χ2v) is 11.7. The molecule has 0 spiro atoms. The topological polar surface area (TPSA) is 16.4 Å². The molecule has 0 atom stereocenters. The molecule has 0 amide bonds. The Labute approximate surface area is 267 Å². The molecule has 9 aromatic rings. The minimum atomic E-state index is 0.868. The van der Waals surface area contributed by atoms with Crippen molar-refractivity contribution in [2.24, 2.45) is 0 Å². The highest BCUT2D eigenvalue weighted by molar-refractivity contribution is 6.22.